The van der Waals surface area contributed by atoms with Gasteiger partial charge in [0, 0.05) is 17.4 Å². The predicted octanol–water partition coefficient (Wildman–Crippen LogP) is 0.811. The number of hydrogen-bond acceptors (Lipinski definition) is 6. The van der Waals surface area contributed by atoms with E-state index in [-0.39, 0.29) is 23.5 Å². The van der Waals surface area contributed by atoms with Crippen molar-refractivity contribution in [3.05, 3.63) is 39.9 Å². The average Bonchev–Trinajstić information content (AvgIpc) is 2.56. The Hall–Kier alpha value is -1.84. The number of hydrogen-bond donors (Lipinski definition) is 2. The standard InChI is InChI=1S/C14H14ClN3O5S/c15-14(13(20)21)6-17-11(19)10(16)12(17)24-9(14)5-7-1-3-8(4-2-7)18(22)23/h1-4,9-10,12H,5-6,16H2,(H,20,21)/t9?,10?,12-,14?/m1/s1. The van der Waals surface area contributed by atoms with Gasteiger partial charge in [-0.15, -0.1) is 23.4 Å². The second kappa shape index (κ2) is 5.91. The number of carboxylic acid groups (broad SMARTS) is 1. The molecule has 128 valence electrons. The summed E-state index contributed by atoms with van der Waals surface area (Å²) in [6.45, 7) is -0.105. The Morgan fingerprint density at radius 2 is 2.12 bits per heavy atom. The predicted molar refractivity (Wildman–Crippen MR) is 87.9 cm³/mol. The minimum Gasteiger partial charge on any atom is -0.480 e. The maximum Gasteiger partial charge on any atom is 0.327 e. The summed E-state index contributed by atoms with van der Waals surface area (Å²) in [5.41, 5.74) is 6.47. The van der Waals surface area contributed by atoms with Gasteiger partial charge in [-0.2, -0.15) is 0 Å². The minimum atomic E-state index is -1.63. The molecule has 2 fully saturated rings. The molecular formula is C14H14ClN3O5S. The smallest absolute Gasteiger partial charge is 0.327 e. The van der Waals surface area contributed by atoms with E-state index in [0.29, 0.717) is 6.42 Å². The summed E-state index contributed by atoms with van der Waals surface area (Å²) in [5.74, 6) is -1.50. The summed E-state index contributed by atoms with van der Waals surface area (Å²) in [4.78, 5) is 33.4. The molecule has 3 rings (SSSR count). The van der Waals surface area contributed by atoms with Gasteiger partial charge in [0.25, 0.3) is 5.69 Å². The van der Waals surface area contributed by atoms with Crippen molar-refractivity contribution in [3.8, 4) is 0 Å². The number of thioether (sulfide) groups is 1. The summed E-state index contributed by atoms with van der Waals surface area (Å²) >= 11 is 7.62. The number of rotatable bonds is 4. The molecular weight excluding hydrogens is 358 g/mol. The van der Waals surface area contributed by atoms with E-state index >= 15 is 0 Å². The van der Waals surface area contributed by atoms with Crippen LogP contribution in [0.3, 0.4) is 0 Å². The van der Waals surface area contributed by atoms with E-state index in [1.54, 1.807) is 12.1 Å². The molecule has 24 heavy (non-hydrogen) atoms. The molecule has 0 saturated carbocycles. The molecule has 0 aromatic heterocycles. The Labute approximate surface area is 146 Å². The molecule has 4 atom stereocenters. The summed E-state index contributed by atoms with van der Waals surface area (Å²) < 4.78 is 0. The van der Waals surface area contributed by atoms with E-state index in [4.69, 9.17) is 17.3 Å². The highest BCUT2D eigenvalue weighted by Gasteiger charge is 2.59. The zero-order valence-electron chi connectivity index (χ0n) is 12.3. The van der Waals surface area contributed by atoms with Crippen LogP contribution in [0.2, 0.25) is 0 Å². The Morgan fingerprint density at radius 1 is 1.50 bits per heavy atom. The van der Waals surface area contributed by atoms with Gasteiger partial charge in [-0.3, -0.25) is 19.7 Å². The monoisotopic (exact) mass is 371 g/mol. The molecule has 2 aliphatic rings. The molecule has 0 aliphatic carbocycles. The van der Waals surface area contributed by atoms with Gasteiger partial charge < -0.3 is 15.7 Å². The molecule has 2 aliphatic heterocycles. The third-order valence-corrected chi connectivity index (χ3v) is 6.72. The van der Waals surface area contributed by atoms with E-state index in [9.17, 15) is 24.8 Å². The van der Waals surface area contributed by atoms with E-state index < -0.39 is 27.1 Å². The van der Waals surface area contributed by atoms with Gasteiger partial charge in [0.1, 0.15) is 11.4 Å². The van der Waals surface area contributed by atoms with Crippen LogP contribution in [0.25, 0.3) is 0 Å². The Kier molecular flexibility index (Phi) is 4.18. The molecule has 2 heterocycles. The molecule has 0 radical (unpaired) electrons. The number of carbonyl (C=O) groups is 2. The summed E-state index contributed by atoms with van der Waals surface area (Å²) in [6, 6.07) is 5.24. The van der Waals surface area contributed by atoms with Crippen molar-refractivity contribution in [2.45, 2.75) is 28.0 Å². The molecule has 10 heteroatoms. The quantitative estimate of drug-likeness (QED) is 0.347. The van der Waals surface area contributed by atoms with Gasteiger partial charge >= 0.3 is 5.97 Å². The van der Waals surface area contributed by atoms with Gasteiger partial charge in [0.05, 0.1) is 11.5 Å². The Bertz CT molecular complexity index is 715. The number of β-lactam (4-membered cyclic amide) rings is 1. The molecule has 0 spiro atoms. The summed E-state index contributed by atoms with van der Waals surface area (Å²) in [6.07, 6.45) is 0.309. The van der Waals surface area contributed by atoms with Gasteiger partial charge in [0.2, 0.25) is 5.91 Å². The van der Waals surface area contributed by atoms with Gasteiger partial charge in [-0.25, -0.2) is 0 Å². The fourth-order valence-electron chi connectivity index (χ4n) is 2.89. The van der Waals surface area contributed by atoms with Crippen LogP contribution in [-0.2, 0) is 16.0 Å². The van der Waals surface area contributed by atoms with Crippen LogP contribution in [0.15, 0.2) is 24.3 Å². The van der Waals surface area contributed by atoms with E-state index in [1.807, 2.05) is 0 Å². The first-order valence-corrected chi connectivity index (χ1v) is 8.43. The van der Waals surface area contributed by atoms with Crippen molar-refractivity contribution in [1.29, 1.82) is 0 Å². The topological polar surface area (TPSA) is 127 Å². The Morgan fingerprint density at radius 3 is 2.67 bits per heavy atom. The lowest BCUT2D eigenvalue weighted by molar-refractivity contribution is -0.384. The van der Waals surface area contributed by atoms with Crippen LogP contribution in [0.5, 0.6) is 0 Å². The molecule has 0 bridgehead atoms. The third kappa shape index (κ3) is 2.62. The molecule has 3 N–H and O–H groups in total. The molecule has 1 aromatic rings. The van der Waals surface area contributed by atoms with Crippen LogP contribution in [0.4, 0.5) is 5.69 Å². The summed E-state index contributed by atoms with van der Waals surface area (Å²) in [5, 5.41) is 19.4. The van der Waals surface area contributed by atoms with Crippen molar-refractivity contribution in [3.63, 3.8) is 0 Å². The van der Waals surface area contributed by atoms with E-state index in [2.05, 4.69) is 0 Å². The number of nitrogens with zero attached hydrogens (tertiary/aromatic N) is 2. The van der Waals surface area contributed by atoms with Crippen LogP contribution in [0, 0.1) is 10.1 Å². The number of halogens is 1. The fourth-order valence-corrected chi connectivity index (χ4v) is 4.87. The number of benzene rings is 1. The molecule has 1 aromatic carbocycles. The highest BCUT2D eigenvalue weighted by molar-refractivity contribution is 8.00. The maximum atomic E-state index is 11.7. The average molecular weight is 372 g/mol. The van der Waals surface area contributed by atoms with E-state index in [1.165, 1.54) is 28.8 Å². The SMILES string of the molecule is NC1C(=O)N2CC(Cl)(C(=O)O)C(Cc3ccc([N+](=O)[O-])cc3)S[C@H]12. The second-order valence-electron chi connectivity index (χ2n) is 5.80. The van der Waals surface area contributed by atoms with Gasteiger partial charge in [-0.1, -0.05) is 12.1 Å². The second-order valence-corrected chi connectivity index (χ2v) is 7.80. The highest BCUT2D eigenvalue weighted by Crippen LogP contribution is 2.46. The molecule has 8 nitrogen and oxygen atoms in total. The van der Waals surface area contributed by atoms with Crippen molar-refractivity contribution in [2.75, 3.05) is 6.54 Å². The van der Waals surface area contributed by atoms with Crippen LogP contribution >= 0.6 is 23.4 Å². The fraction of sp³-hybridized carbons (Fsp3) is 0.429. The largest absolute Gasteiger partial charge is 0.480 e. The lowest BCUT2D eigenvalue weighted by Crippen LogP contribution is -2.74. The lowest BCUT2D eigenvalue weighted by Gasteiger charge is -2.54. The van der Waals surface area contributed by atoms with Crippen molar-refractivity contribution in [2.24, 2.45) is 5.73 Å². The third-order valence-electron chi connectivity index (χ3n) is 4.32. The summed E-state index contributed by atoms with van der Waals surface area (Å²) in [7, 11) is 0. The molecule has 2 saturated heterocycles. The first-order valence-electron chi connectivity index (χ1n) is 7.11. The first-order chi connectivity index (χ1) is 11.2. The number of aliphatic carboxylic acids is 1. The van der Waals surface area contributed by atoms with Crippen LogP contribution < -0.4 is 5.73 Å². The minimum absolute atomic E-state index is 0.0387. The number of amides is 1. The highest BCUT2D eigenvalue weighted by atomic mass is 35.5. The lowest BCUT2D eigenvalue weighted by atomic mass is 9.94. The zero-order chi connectivity index (χ0) is 17.6. The first kappa shape index (κ1) is 17.0. The number of alkyl halides is 1. The number of carboxylic acids is 1. The number of carbonyl (C=O) groups excluding carboxylic acids is 1. The molecule has 3 unspecified atom stereocenters. The van der Waals surface area contributed by atoms with E-state index in [0.717, 1.165) is 5.56 Å². The zero-order valence-corrected chi connectivity index (χ0v) is 13.9. The number of fused-ring (bicyclic) bond motifs is 1. The Balaban J connectivity index is 1.82. The molecule has 1 amide bonds. The number of nitro groups is 1. The maximum absolute atomic E-state index is 11.7. The number of nitrogens with two attached hydrogens (primary N) is 1. The van der Waals surface area contributed by atoms with Crippen LogP contribution in [0.1, 0.15) is 5.56 Å². The number of nitro benzene ring substituents is 1. The van der Waals surface area contributed by atoms with Crippen LogP contribution in [-0.4, -0.2) is 54.9 Å². The van der Waals surface area contributed by atoms with Gasteiger partial charge in [0.15, 0.2) is 4.87 Å². The number of non-ortho nitro benzene ring substituents is 1. The van der Waals surface area contributed by atoms with Crippen molar-refractivity contribution < 1.29 is 19.6 Å². The van der Waals surface area contributed by atoms with Crippen molar-refractivity contribution >= 4 is 40.9 Å². The van der Waals surface area contributed by atoms with Gasteiger partial charge in [-0.05, 0) is 12.0 Å². The van der Waals surface area contributed by atoms with Crippen molar-refractivity contribution in [1.82, 2.24) is 4.90 Å². The normalized spacial score (nSPS) is 32.0.